The van der Waals surface area contributed by atoms with Crippen molar-refractivity contribution in [1.29, 1.82) is 0 Å². The predicted octanol–water partition coefficient (Wildman–Crippen LogP) is 3.77. The molecule has 4 nitrogen and oxygen atoms in total. The Kier molecular flexibility index (Phi) is 5.26. The molecule has 0 N–H and O–H groups in total. The molecule has 1 saturated heterocycles. The standard InChI is InChI=1S/C18H20ClN3O/c1-22-10-2-3-16(22)13-23-17-11-15(18(19)21-12-17)5-4-14-6-8-20-9-7-14/h4-9,11-12,16H,2-3,10,13H2,1H3/b5-4+. The maximum absolute atomic E-state index is 6.17. The monoisotopic (exact) mass is 329 g/mol. The van der Waals surface area contributed by atoms with E-state index in [-0.39, 0.29) is 0 Å². The van der Waals surface area contributed by atoms with E-state index in [4.69, 9.17) is 16.3 Å². The van der Waals surface area contributed by atoms with E-state index in [1.165, 1.54) is 12.8 Å². The third-order valence-electron chi connectivity index (χ3n) is 4.12. The molecule has 0 saturated carbocycles. The predicted molar refractivity (Wildman–Crippen MR) is 93.6 cm³/mol. The number of halogens is 1. The number of ether oxygens (including phenoxy) is 1. The van der Waals surface area contributed by atoms with Gasteiger partial charge in [-0.15, -0.1) is 0 Å². The van der Waals surface area contributed by atoms with E-state index in [1.54, 1.807) is 18.6 Å². The van der Waals surface area contributed by atoms with Gasteiger partial charge in [-0.05, 0) is 50.2 Å². The van der Waals surface area contributed by atoms with Crippen molar-refractivity contribution in [3.8, 4) is 5.75 Å². The summed E-state index contributed by atoms with van der Waals surface area (Å²) in [7, 11) is 2.14. The SMILES string of the molecule is CN1CCCC1COc1cnc(Cl)c(/C=C/c2ccncc2)c1. The average Bonchev–Trinajstić information content (AvgIpc) is 2.99. The van der Waals surface area contributed by atoms with Crippen LogP contribution in [0, 0.1) is 0 Å². The first kappa shape index (κ1) is 16.0. The van der Waals surface area contributed by atoms with E-state index < -0.39 is 0 Å². The van der Waals surface area contributed by atoms with Crippen LogP contribution in [0.4, 0.5) is 0 Å². The molecule has 3 heterocycles. The third-order valence-corrected chi connectivity index (χ3v) is 4.43. The normalized spacial score (nSPS) is 18.6. The Morgan fingerprint density at radius 1 is 1.35 bits per heavy atom. The highest BCUT2D eigenvalue weighted by Crippen LogP contribution is 2.23. The summed E-state index contributed by atoms with van der Waals surface area (Å²) in [6.07, 6.45) is 11.6. The van der Waals surface area contributed by atoms with Gasteiger partial charge in [-0.2, -0.15) is 0 Å². The lowest BCUT2D eigenvalue weighted by Crippen LogP contribution is -2.30. The summed E-state index contributed by atoms with van der Waals surface area (Å²) in [5.41, 5.74) is 1.91. The molecule has 0 aromatic carbocycles. The van der Waals surface area contributed by atoms with E-state index in [9.17, 15) is 0 Å². The molecule has 2 aromatic heterocycles. The van der Waals surface area contributed by atoms with Crippen LogP contribution in [0.15, 0.2) is 36.8 Å². The number of likely N-dealkylation sites (N-methyl/N-ethyl adjacent to an activating group) is 1. The molecule has 23 heavy (non-hydrogen) atoms. The smallest absolute Gasteiger partial charge is 0.138 e. The van der Waals surface area contributed by atoms with Crippen LogP contribution in [0.1, 0.15) is 24.0 Å². The zero-order valence-electron chi connectivity index (χ0n) is 13.2. The second-order valence-corrected chi connectivity index (χ2v) is 6.11. The molecule has 1 aliphatic heterocycles. The van der Waals surface area contributed by atoms with Gasteiger partial charge in [-0.3, -0.25) is 4.98 Å². The molecular weight excluding hydrogens is 310 g/mol. The van der Waals surface area contributed by atoms with Gasteiger partial charge in [0.1, 0.15) is 17.5 Å². The number of rotatable bonds is 5. The minimum Gasteiger partial charge on any atom is -0.490 e. The molecule has 0 aliphatic carbocycles. The van der Waals surface area contributed by atoms with Crippen molar-refractivity contribution in [3.63, 3.8) is 0 Å². The van der Waals surface area contributed by atoms with E-state index in [0.717, 1.165) is 23.4 Å². The molecule has 0 amide bonds. The number of hydrogen-bond acceptors (Lipinski definition) is 4. The Bertz CT molecular complexity index is 675. The zero-order valence-corrected chi connectivity index (χ0v) is 13.9. The van der Waals surface area contributed by atoms with Gasteiger partial charge in [0.25, 0.3) is 0 Å². The fraction of sp³-hybridized carbons (Fsp3) is 0.333. The molecule has 0 spiro atoms. The molecule has 3 rings (SSSR count). The van der Waals surface area contributed by atoms with Crippen LogP contribution in [0.5, 0.6) is 5.75 Å². The highest BCUT2D eigenvalue weighted by Gasteiger charge is 2.21. The summed E-state index contributed by atoms with van der Waals surface area (Å²) >= 11 is 6.17. The first-order valence-electron chi connectivity index (χ1n) is 7.79. The minimum atomic E-state index is 0.473. The van der Waals surface area contributed by atoms with Gasteiger partial charge < -0.3 is 9.64 Å². The molecule has 0 bridgehead atoms. The van der Waals surface area contributed by atoms with Crippen LogP contribution < -0.4 is 4.74 Å². The van der Waals surface area contributed by atoms with Gasteiger partial charge in [0.2, 0.25) is 0 Å². The number of pyridine rings is 2. The van der Waals surface area contributed by atoms with Crippen LogP contribution in [0.3, 0.4) is 0 Å². The lowest BCUT2D eigenvalue weighted by molar-refractivity contribution is 0.198. The van der Waals surface area contributed by atoms with Crippen LogP contribution in [0.2, 0.25) is 5.15 Å². The summed E-state index contributed by atoms with van der Waals surface area (Å²) in [5, 5.41) is 0.473. The summed E-state index contributed by atoms with van der Waals surface area (Å²) in [6.45, 7) is 1.83. The number of aromatic nitrogens is 2. The molecule has 1 fully saturated rings. The van der Waals surface area contributed by atoms with Crippen LogP contribution in [-0.2, 0) is 0 Å². The molecule has 120 valence electrons. The van der Waals surface area contributed by atoms with Gasteiger partial charge in [0, 0.05) is 24.0 Å². The van der Waals surface area contributed by atoms with Crippen molar-refractivity contribution in [3.05, 3.63) is 53.1 Å². The van der Waals surface area contributed by atoms with Crippen molar-refractivity contribution in [1.82, 2.24) is 14.9 Å². The van der Waals surface area contributed by atoms with Gasteiger partial charge in [0.05, 0.1) is 6.20 Å². The second kappa shape index (κ2) is 7.57. The molecule has 5 heteroatoms. The average molecular weight is 330 g/mol. The highest BCUT2D eigenvalue weighted by atomic mass is 35.5. The van der Waals surface area contributed by atoms with Crippen molar-refractivity contribution in [2.75, 3.05) is 20.2 Å². The highest BCUT2D eigenvalue weighted by molar-refractivity contribution is 6.31. The zero-order chi connectivity index (χ0) is 16.1. The lowest BCUT2D eigenvalue weighted by atomic mass is 10.2. The van der Waals surface area contributed by atoms with Crippen molar-refractivity contribution in [2.24, 2.45) is 0 Å². The molecule has 1 unspecified atom stereocenters. The number of likely N-dealkylation sites (tertiary alicyclic amines) is 1. The first-order valence-corrected chi connectivity index (χ1v) is 8.17. The maximum Gasteiger partial charge on any atom is 0.138 e. The van der Waals surface area contributed by atoms with Gasteiger partial charge >= 0.3 is 0 Å². The fourth-order valence-corrected chi connectivity index (χ4v) is 2.85. The Labute approximate surface area is 141 Å². The Hall–Kier alpha value is -1.91. The molecular formula is C18H20ClN3O. The lowest BCUT2D eigenvalue weighted by Gasteiger charge is -2.19. The maximum atomic E-state index is 6.17. The van der Waals surface area contributed by atoms with Gasteiger partial charge in [-0.25, -0.2) is 4.98 Å². The molecule has 1 atom stereocenters. The van der Waals surface area contributed by atoms with E-state index in [0.29, 0.717) is 17.8 Å². The first-order chi connectivity index (χ1) is 11.2. The largest absolute Gasteiger partial charge is 0.490 e. The summed E-state index contributed by atoms with van der Waals surface area (Å²) < 4.78 is 5.90. The Balaban J connectivity index is 1.67. The van der Waals surface area contributed by atoms with E-state index in [1.807, 2.05) is 30.4 Å². The second-order valence-electron chi connectivity index (χ2n) is 5.75. The quantitative estimate of drug-likeness (QED) is 0.783. The topological polar surface area (TPSA) is 38.2 Å². The molecule has 1 aliphatic rings. The van der Waals surface area contributed by atoms with Gasteiger partial charge in [0.15, 0.2) is 0 Å². The van der Waals surface area contributed by atoms with Gasteiger partial charge in [-0.1, -0.05) is 23.8 Å². The van der Waals surface area contributed by atoms with Crippen LogP contribution in [-0.4, -0.2) is 41.1 Å². The van der Waals surface area contributed by atoms with Crippen molar-refractivity contribution < 1.29 is 4.74 Å². The van der Waals surface area contributed by atoms with E-state index >= 15 is 0 Å². The van der Waals surface area contributed by atoms with Crippen molar-refractivity contribution in [2.45, 2.75) is 18.9 Å². The summed E-state index contributed by atoms with van der Waals surface area (Å²) in [6, 6.07) is 6.30. The number of hydrogen-bond donors (Lipinski definition) is 0. The van der Waals surface area contributed by atoms with Crippen LogP contribution in [0.25, 0.3) is 12.2 Å². The Morgan fingerprint density at radius 2 is 2.17 bits per heavy atom. The minimum absolute atomic E-state index is 0.473. The van der Waals surface area contributed by atoms with E-state index in [2.05, 4.69) is 21.9 Å². The fourth-order valence-electron chi connectivity index (χ4n) is 2.68. The third kappa shape index (κ3) is 4.30. The summed E-state index contributed by atoms with van der Waals surface area (Å²) in [4.78, 5) is 10.6. The molecule has 0 radical (unpaired) electrons. The molecule has 2 aromatic rings. The number of nitrogens with zero attached hydrogens (tertiary/aromatic N) is 3. The van der Waals surface area contributed by atoms with Crippen LogP contribution >= 0.6 is 11.6 Å². The van der Waals surface area contributed by atoms with Crippen molar-refractivity contribution >= 4 is 23.8 Å². The Morgan fingerprint density at radius 3 is 2.91 bits per heavy atom. The summed E-state index contributed by atoms with van der Waals surface area (Å²) in [5.74, 6) is 0.754.